The smallest absolute Gasteiger partial charge is 0.314 e. The molecule has 0 bridgehead atoms. The number of hydrogen-bond acceptors (Lipinski definition) is 1. The second-order valence-electron chi connectivity index (χ2n) is 4.65. The van der Waals surface area contributed by atoms with E-state index in [0.29, 0.717) is 5.92 Å². The van der Waals surface area contributed by atoms with Gasteiger partial charge >= 0.3 is 5.97 Å². The van der Waals surface area contributed by atoms with Crippen molar-refractivity contribution in [2.75, 3.05) is 0 Å². The highest BCUT2D eigenvalue weighted by Crippen LogP contribution is 2.47. The SMILES string of the molecule is Cc1ccc(C(C)(C(=O)O)C2CC2)cc1. The first-order chi connectivity index (χ1) is 7.05. The maximum atomic E-state index is 11.4. The van der Waals surface area contributed by atoms with Gasteiger partial charge < -0.3 is 5.11 Å². The van der Waals surface area contributed by atoms with E-state index in [1.807, 2.05) is 38.1 Å². The Bertz CT molecular complexity index is 376. The summed E-state index contributed by atoms with van der Waals surface area (Å²) in [7, 11) is 0. The first kappa shape index (κ1) is 10.2. The van der Waals surface area contributed by atoms with Crippen molar-refractivity contribution in [3.63, 3.8) is 0 Å². The number of carboxylic acid groups (broad SMARTS) is 1. The van der Waals surface area contributed by atoms with E-state index in [-0.39, 0.29) is 0 Å². The summed E-state index contributed by atoms with van der Waals surface area (Å²) in [5.74, 6) is -0.383. The van der Waals surface area contributed by atoms with Crippen molar-refractivity contribution >= 4 is 5.97 Å². The minimum atomic E-state index is -0.700. The standard InChI is InChI=1S/C13H16O2/c1-9-3-5-10(6-4-9)13(2,12(14)15)11-7-8-11/h3-6,11H,7-8H2,1-2H3,(H,14,15). The highest BCUT2D eigenvalue weighted by Gasteiger charge is 2.48. The highest BCUT2D eigenvalue weighted by atomic mass is 16.4. The molecule has 0 aliphatic heterocycles. The van der Waals surface area contributed by atoms with Crippen LogP contribution in [0.4, 0.5) is 0 Å². The van der Waals surface area contributed by atoms with E-state index in [4.69, 9.17) is 0 Å². The van der Waals surface area contributed by atoms with E-state index in [0.717, 1.165) is 18.4 Å². The molecule has 0 spiro atoms. The summed E-state index contributed by atoms with van der Waals surface area (Å²) < 4.78 is 0. The van der Waals surface area contributed by atoms with Gasteiger partial charge in [0, 0.05) is 0 Å². The third-order valence-electron chi connectivity index (χ3n) is 3.49. The number of benzene rings is 1. The molecule has 1 N–H and O–H groups in total. The Labute approximate surface area is 89.9 Å². The normalized spacial score (nSPS) is 19.6. The molecule has 0 saturated heterocycles. The molecular formula is C13H16O2. The lowest BCUT2D eigenvalue weighted by molar-refractivity contribution is -0.144. The van der Waals surface area contributed by atoms with Crippen molar-refractivity contribution < 1.29 is 9.90 Å². The maximum absolute atomic E-state index is 11.4. The van der Waals surface area contributed by atoms with Crippen molar-refractivity contribution in [2.45, 2.75) is 32.1 Å². The number of rotatable bonds is 3. The van der Waals surface area contributed by atoms with Gasteiger partial charge in [-0.1, -0.05) is 29.8 Å². The Balaban J connectivity index is 2.40. The molecule has 15 heavy (non-hydrogen) atoms. The zero-order valence-electron chi connectivity index (χ0n) is 9.16. The third-order valence-corrected chi connectivity index (χ3v) is 3.49. The lowest BCUT2D eigenvalue weighted by Crippen LogP contribution is -2.34. The van der Waals surface area contributed by atoms with Gasteiger partial charge in [-0.05, 0) is 38.2 Å². The molecule has 0 amide bonds. The fraction of sp³-hybridized carbons (Fsp3) is 0.462. The maximum Gasteiger partial charge on any atom is 0.314 e. The van der Waals surface area contributed by atoms with Crippen molar-refractivity contribution in [3.05, 3.63) is 35.4 Å². The Morgan fingerprint density at radius 3 is 2.27 bits per heavy atom. The zero-order chi connectivity index (χ0) is 11.1. The Morgan fingerprint density at radius 2 is 1.87 bits per heavy atom. The van der Waals surface area contributed by atoms with Crippen LogP contribution >= 0.6 is 0 Å². The highest BCUT2D eigenvalue weighted by molar-refractivity contribution is 5.81. The van der Waals surface area contributed by atoms with Crippen LogP contribution in [0, 0.1) is 12.8 Å². The van der Waals surface area contributed by atoms with Crippen LogP contribution in [0.15, 0.2) is 24.3 Å². The number of carbonyl (C=O) groups is 1. The molecule has 1 saturated carbocycles. The molecule has 0 aromatic heterocycles. The van der Waals surface area contributed by atoms with Gasteiger partial charge in [-0.25, -0.2) is 0 Å². The Kier molecular flexibility index (Phi) is 2.29. The predicted molar refractivity (Wildman–Crippen MR) is 58.9 cm³/mol. The van der Waals surface area contributed by atoms with Gasteiger partial charge in [-0.15, -0.1) is 0 Å². The molecule has 2 nitrogen and oxygen atoms in total. The molecule has 1 aromatic rings. The quantitative estimate of drug-likeness (QED) is 0.822. The number of aliphatic carboxylic acids is 1. The zero-order valence-corrected chi connectivity index (χ0v) is 9.16. The van der Waals surface area contributed by atoms with E-state index < -0.39 is 11.4 Å². The van der Waals surface area contributed by atoms with Crippen LogP contribution in [-0.2, 0) is 10.2 Å². The van der Waals surface area contributed by atoms with Gasteiger partial charge in [-0.2, -0.15) is 0 Å². The molecule has 2 rings (SSSR count). The molecular weight excluding hydrogens is 188 g/mol. The molecule has 1 aromatic carbocycles. The fourth-order valence-electron chi connectivity index (χ4n) is 2.09. The molecule has 2 heteroatoms. The van der Waals surface area contributed by atoms with Gasteiger partial charge in [0.1, 0.15) is 0 Å². The lowest BCUT2D eigenvalue weighted by atomic mass is 9.78. The predicted octanol–water partition coefficient (Wildman–Crippen LogP) is 2.75. The minimum absolute atomic E-state index is 0.317. The number of carboxylic acids is 1. The summed E-state index contributed by atoms with van der Waals surface area (Å²) in [5.41, 5.74) is 1.42. The number of aryl methyl sites for hydroxylation is 1. The molecule has 1 fully saturated rings. The summed E-state index contributed by atoms with van der Waals surface area (Å²) >= 11 is 0. The van der Waals surface area contributed by atoms with E-state index in [1.54, 1.807) is 0 Å². The van der Waals surface area contributed by atoms with Crippen LogP contribution in [0.3, 0.4) is 0 Å². The second-order valence-corrected chi connectivity index (χ2v) is 4.65. The van der Waals surface area contributed by atoms with E-state index in [9.17, 15) is 9.90 Å². The fourth-order valence-corrected chi connectivity index (χ4v) is 2.09. The number of hydrogen-bond donors (Lipinski definition) is 1. The van der Waals surface area contributed by atoms with E-state index in [2.05, 4.69) is 0 Å². The van der Waals surface area contributed by atoms with Crippen molar-refractivity contribution in [2.24, 2.45) is 5.92 Å². The van der Waals surface area contributed by atoms with Crippen LogP contribution in [0.2, 0.25) is 0 Å². The van der Waals surface area contributed by atoms with Gasteiger partial charge in [0.2, 0.25) is 0 Å². The van der Waals surface area contributed by atoms with Crippen LogP contribution in [0.25, 0.3) is 0 Å². The molecule has 1 atom stereocenters. The summed E-state index contributed by atoms with van der Waals surface area (Å²) in [6.45, 7) is 3.86. The molecule has 1 unspecified atom stereocenters. The van der Waals surface area contributed by atoms with Crippen LogP contribution < -0.4 is 0 Å². The summed E-state index contributed by atoms with van der Waals surface area (Å²) in [5, 5.41) is 9.37. The average molecular weight is 204 g/mol. The Morgan fingerprint density at radius 1 is 1.33 bits per heavy atom. The van der Waals surface area contributed by atoms with Crippen LogP contribution in [0.1, 0.15) is 30.9 Å². The molecule has 0 radical (unpaired) electrons. The monoisotopic (exact) mass is 204 g/mol. The third kappa shape index (κ3) is 1.65. The summed E-state index contributed by atoms with van der Waals surface area (Å²) in [6.07, 6.45) is 2.08. The van der Waals surface area contributed by atoms with Crippen LogP contribution in [-0.4, -0.2) is 11.1 Å². The molecule has 0 heterocycles. The molecule has 80 valence electrons. The van der Waals surface area contributed by atoms with Crippen LogP contribution in [0.5, 0.6) is 0 Å². The van der Waals surface area contributed by atoms with Gasteiger partial charge in [0.05, 0.1) is 5.41 Å². The Hall–Kier alpha value is -1.31. The van der Waals surface area contributed by atoms with Gasteiger partial charge in [0.25, 0.3) is 0 Å². The van der Waals surface area contributed by atoms with Crippen molar-refractivity contribution in [1.82, 2.24) is 0 Å². The second kappa shape index (κ2) is 3.37. The first-order valence-corrected chi connectivity index (χ1v) is 5.35. The molecule has 1 aliphatic rings. The van der Waals surface area contributed by atoms with Gasteiger partial charge in [0.15, 0.2) is 0 Å². The van der Waals surface area contributed by atoms with E-state index in [1.165, 1.54) is 5.56 Å². The average Bonchev–Trinajstić information content (AvgIpc) is 3.00. The van der Waals surface area contributed by atoms with E-state index >= 15 is 0 Å². The summed E-state index contributed by atoms with van der Waals surface area (Å²) in [6, 6.07) is 7.86. The topological polar surface area (TPSA) is 37.3 Å². The summed E-state index contributed by atoms with van der Waals surface area (Å²) in [4.78, 5) is 11.4. The largest absolute Gasteiger partial charge is 0.481 e. The molecule has 1 aliphatic carbocycles. The van der Waals surface area contributed by atoms with Crippen molar-refractivity contribution in [3.8, 4) is 0 Å². The van der Waals surface area contributed by atoms with Gasteiger partial charge in [-0.3, -0.25) is 4.79 Å². The van der Waals surface area contributed by atoms with Crippen molar-refractivity contribution in [1.29, 1.82) is 0 Å². The first-order valence-electron chi connectivity index (χ1n) is 5.35. The lowest BCUT2D eigenvalue weighted by Gasteiger charge is -2.25. The minimum Gasteiger partial charge on any atom is -0.481 e.